The van der Waals surface area contributed by atoms with Gasteiger partial charge in [-0.05, 0) is 46.5 Å². The van der Waals surface area contributed by atoms with Gasteiger partial charge in [-0.1, -0.05) is 42.5 Å². The molecule has 0 unspecified atom stereocenters. The van der Waals surface area contributed by atoms with E-state index in [1.165, 1.54) is 27.2 Å². The van der Waals surface area contributed by atoms with Crippen LogP contribution in [0.5, 0.6) is 11.5 Å². The highest BCUT2D eigenvalue weighted by Crippen LogP contribution is 2.45. The molecule has 0 saturated carbocycles. The lowest BCUT2D eigenvalue weighted by Crippen LogP contribution is -2.43. The van der Waals surface area contributed by atoms with Gasteiger partial charge in [-0.25, -0.2) is 18.0 Å². The molecule has 1 aliphatic heterocycles. The summed E-state index contributed by atoms with van der Waals surface area (Å²) in [6.07, 6.45) is -4.35. The highest BCUT2D eigenvalue weighted by molar-refractivity contribution is 6.03. The van der Waals surface area contributed by atoms with Gasteiger partial charge >= 0.3 is 12.1 Å². The third-order valence-corrected chi connectivity index (χ3v) is 9.53. The number of benzene rings is 4. The number of ether oxygens (including phenoxy) is 2. The number of methoxy groups -OCH3 is 2. The quantitative estimate of drug-likeness (QED) is 0.135. The molecular weight excluding hydrogens is 706 g/mol. The van der Waals surface area contributed by atoms with Crippen LogP contribution in [0.2, 0.25) is 0 Å². The number of hydrogen-bond acceptors (Lipinski definition) is 6. The molecule has 53 heavy (non-hydrogen) atoms. The first kappa shape index (κ1) is 37.4. The Kier molecular flexibility index (Phi) is 10.3. The van der Waals surface area contributed by atoms with Crippen molar-refractivity contribution in [3.05, 3.63) is 88.9 Å². The number of aromatic nitrogens is 2. The topological polar surface area (TPSA) is 106 Å². The number of alkyl halides is 5. The summed E-state index contributed by atoms with van der Waals surface area (Å²) < 4.78 is 95.0. The van der Waals surface area contributed by atoms with Gasteiger partial charge in [-0.3, -0.25) is 14.4 Å². The number of carboxylic acids is 1. The summed E-state index contributed by atoms with van der Waals surface area (Å²) in [4.78, 5) is 27.9. The number of likely N-dealkylation sites (tertiary alicyclic amines) is 1. The van der Waals surface area contributed by atoms with E-state index in [1.807, 2.05) is 23.1 Å². The van der Waals surface area contributed by atoms with E-state index in [2.05, 4.69) is 10.4 Å². The number of aryl methyl sites for hydroxylation is 1. The zero-order valence-electron chi connectivity index (χ0n) is 29.0. The Hall–Kier alpha value is -5.31. The van der Waals surface area contributed by atoms with E-state index in [4.69, 9.17) is 9.47 Å². The van der Waals surface area contributed by atoms with E-state index in [0.717, 1.165) is 11.8 Å². The van der Waals surface area contributed by atoms with Crippen LogP contribution in [0, 0.1) is 12.7 Å². The smallest absolute Gasteiger partial charge is 0.408 e. The molecule has 15 heteroatoms. The molecule has 4 aromatic carbocycles. The maximum atomic E-state index is 15.8. The highest BCUT2D eigenvalue weighted by atomic mass is 19.4. The molecule has 0 radical (unpaired) electrons. The minimum atomic E-state index is -4.71. The summed E-state index contributed by atoms with van der Waals surface area (Å²) in [5, 5.41) is 17.6. The molecule has 280 valence electrons. The van der Waals surface area contributed by atoms with E-state index in [1.54, 1.807) is 30.3 Å². The van der Waals surface area contributed by atoms with Crippen LogP contribution in [-0.4, -0.2) is 77.1 Å². The Labute approximate surface area is 300 Å². The third-order valence-electron chi connectivity index (χ3n) is 9.53. The lowest BCUT2D eigenvalue weighted by molar-refractivity contribution is -0.142. The molecule has 1 amide bonds. The van der Waals surface area contributed by atoms with Crippen molar-refractivity contribution in [2.75, 3.05) is 27.3 Å². The molecule has 5 aromatic rings. The van der Waals surface area contributed by atoms with Crippen LogP contribution >= 0.6 is 0 Å². The molecule has 1 fully saturated rings. The first-order chi connectivity index (χ1) is 25.1. The minimum absolute atomic E-state index is 0.0529. The number of halogens is 6. The number of nitrogens with zero attached hydrogens (tertiary/aromatic N) is 3. The van der Waals surface area contributed by atoms with Crippen LogP contribution in [0.15, 0.2) is 60.8 Å². The Morgan fingerprint density at radius 3 is 2.36 bits per heavy atom. The molecule has 2 heterocycles. The summed E-state index contributed by atoms with van der Waals surface area (Å²) in [7, 11) is 3.02. The fourth-order valence-electron chi connectivity index (χ4n) is 7.00. The van der Waals surface area contributed by atoms with Gasteiger partial charge in [-0.15, -0.1) is 0 Å². The lowest BCUT2D eigenvalue weighted by Gasteiger charge is -2.32. The molecule has 2 N–H and O–H groups in total. The second-order valence-corrected chi connectivity index (χ2v) is 13.1. The molecule has 1 saturated heterocycles. The number of amides is 1. The fraction of sp³-hybridized carbons (Fsp3) is 0.342. The molecule has 6 rings (SSSR count). The average molecular weight is 743 g/mol. The van der Waals surface area contributed by atoms with Crippen LogP contribution in [0.4, 0.5) is 26.3 Å². The number of carbonyl (C=O) groups excluding carboxylic acids is 1. The number of nitrogens with one attached hydrogen (secondary N) is 1. The van der Waals surface area contributed by atoms with Crippen LogP contribution in [-0.2, 0) is 24.3 Å². The lowest BCUT2D eigenvalue weighted by atomic mass is 9.91. The van der Waals surface area contributed by atoms with E-state index in [9.17, 15) is 36.6 Å². The standard InChI is InChI=1S/C38H36F6N4O5/c1-21-16-24-18-45-48(20-38(42,43)44)33(24)32(39)30(21)35(49)46-28(36(50)51)17-22-6-4-8-26-25(22)7-5-9-27(26)31-29(52-2)11-10-23(34(31)53-3)19-47-14-12-37(40,41)13-15-47/h4-11,16,18,28H,12-15,17,19-20H2,1-3H3,(H,46,49)(H,50,51)/t28-/m0/s1. The Morgan fingerprint density at radius 2 is 1.70 bits per heavy atom. The summed E-state index contributed by atoms with van der Waals surface area (Å²) in [6, 6.07) is 14.0. The maximum Gasteiger partial charge on any atom is 0.408 e. The van der Waals surface area contributed by atoms with Crippen molar-refractivity contribution in [3.8, 4) is 22.6 Å². The van der Waals surface area contributed by atoms with Gasteiger partial charge in [0, 0.05) is 49.8 Å². The first-order valence-corrected chi connectivity index (χ1v) is 16.7. The van der Waals surface area contributed by atoms with Crippen molar-refractivity contribution < 1.29 is 50.5 Å². The summed E-state index contributed by atoms with van der Waals surface area (Å²) in [6.45, 7) is 0.618. The highest BCUT2D eigenvalue weighted by Gasteiger charge is 2.35. The zero-order valence-corrected chi connectivity index (χ0v) is 29.0. The van der Waals surface area contributed by atoms with Gasteiger partial charge in [0.1, 0.15) is 29.6 Å². The van der Waals surface area contributed by atoms with Gasteiger partial charge in [0.05, 0.1) is 31.5 Å². The van der Waals surface area contributed by atoms with Crippen LogP contribution < -0.4 is 14.8 Å². The molecule has 1 atom stereocenters. The van der Waals surface area contributed by atoms with Crippen molar-refractivity contribution in [3.63, 3.8) is 0 Å². The van der Waals surface area contributed by atoms with Crippen LogP contribution in [0.3, 0.4) is 0 Å². The second-order valence-electron chi connectivity index (χ2n) is 13.1. The van der Waals surface area contributed by atoms with Crippen LogP contribution in [0.1, 0.15) is 39.9 Å². The Bertz CT molecular complexity index is 2190. The number of hydrogen-bond donors (Lipinski definition) is 2. The molecule has 1 aliphatic rings. The zero-order chi connectivity index (χ0) is 38.2. The number of piperidine rings is 1. The Balaban J connectivity index is 1.33. The van der Waals surface area contributed by atoms with Crippen molar-refractivity contribution in [2.24, 2.45) is 0 Å². The van der Waals surface area contributed by atoms with E-state index < -0.39 is 53.5 Å². The second kappa shape index (κ2) is 14.6. The molecule has 0 spiro atoms. The van der Waals surface area contributed by atoms with Gasteiger partial charge in [0.2, 0.25) is 0 Å². The molecule has 1 aromatic heterocycles. The Morgan fingerprint density at radius 1 is 1.00 bits per heavy atom. The van der Waals surface area contributed by atoms with Gasteiger partial charge in [0.15, 0.2) is 5.82 Å². The number of rotatable bonds is 11. The average Bonchev–Trinajstić information content (AvgIpc) is 3.49. The SMILES string of the molecule is COc1ccc(CN2CCC(F)(F)CC2)c(OC)c1-c1cccc2c(C[C@H](NC(=O)c3c(C)cc4cnn(CC(F)(F)F)c4c3F)C(=O)O)cccc12. The van der Waals surface area contributed by atoms with Gasteiger partial charge in [-0.2, -0.15) is 18.3 Å². The van der Waals surface area contributed by atoms with Crippen molar-refractivity contribution >= 4 is 33.6 Å². The maximum absolute atomic E-state index is 15.8. The number of carbonyl (C=O) groups is 2. The summed E-state index contributed by atoms with van der Waals surface area (Å²) in [5.74, 6) is -5.50. The predicted octanol–water partition coefficient (Wildman–Crippen LogP) is 7.54. The predicted molar refractivity (Wildman–Crippen MR) is 185 cm³/mol. The monoisotopic (exact) mass is 742 g/mol. The third kappa shape index (κ3) is 7.75. The number of aliphatic carboxylic acids is 1. The molecule has 0 aliphatic carbocycles. The minimum Gasteiger partial charge on any atom is -0.496 e. The molecule has 9 nitrogen and oxygen atoms in total. The van der Waals surface area contributed by atoms with Crippen molar-refractivity contribution in [2.45, 2.75) is 57.4 Å². The number of carboxylic acid groups (broad SMARTS) is 1. The normalized spacial score (nSPS) is 15.4. The van der Waals surface area contributed by atoms with Gasteiger partial charge in [0.25, 0.3) is 11.8 Å². The number of fused-ring (bicyclic) bond motifs is 2. The van der Waals surface area contributed by atoms with Crippen molar-refractivity contribution in [1.82, 2.24) is 20.0 Å². The largest absolute Gasteiger partial charge is 0.496 e. The summed E-state index contributed by atoms with van der Waals surface area (Å²) in [5.41, 5.74) is 1.54. The molecular formula is C38H36F6N4O5. The molecule has 0 bridgehead atoms. The van der Waals surface area contributed by atoms with E-state index >= 15 is 4.39 Å². The fourth-order valence-corrected chi connectivity index (χ4v) is 7.00. The van der Waals surface area contributed by atoms with Gasteiger partial charge < -0.3 is 19.9 Å². The van der Waals surface area contributed by atoms with Crippen molar-refractivity contribution in [1.29, 1.82) is 0 Å². The summed E-state index contributed by atoms with van der Waals surface area (Å²) >= 11 is 0. The van der Waals surface area contributed by atoms with E-state index in [-0.39, 0.29) is 43.3 Å². The van der Waals surface area contributed by atoms with E-state index in [0.29, 0.717) is 50.2 Å². The first-order valence-electron chi connectivity index (χ1n) is 16.7. The van der Waals surface area contributed by atoms with Crippen LogP contribution in [0.25, 0.3) is 32.8 Å².